The number of imidazole rings is 1. The second kappa shape index (κ2) is 5.09. The predicted octanol–water partition coefficient (Wildman–Crippen LogP) is 3.18. The van der Waals surface area contributed by atoms with Crippen molar-refractivity contribution in [2.24, 2.45) is 0 Å². The van der Waals surface area contributed by atoms with Gasteiger partial charge in [0.1, 0.15) is 11.3 Å². The van der Waals surface area contributed by atoms with E-state index in [1.807, 2.05) is 29.7 Å². The number of hydrogen-bond donors (Lipinski definition) is 0. The van der Waals surface area contributed by atoms with E-state index >= 15 is 0 Å². The van der Waals surface area contributed by atoms with Crippen molar-refractivity contribution in [3.8, 4) is 16.9 Å². The second-order valence-electron chi connectivity index (χ2n) is 4.31. The highest BCUT2D eigenvalue weighted by atomic mass is 35.5. The van der Waals surface area contributed by atoms with Crippen molar-refractivity contribution >= 4 is 22.8 Å². The normalized spacial score (nSPS) is 10.9. The summed E-state index contributed by atoms with van der Waals surface area (Å²) in [5, 5.41) is 8.76. The third-order valence-corrected chi connectivity index (χ3v) is 3.50. The standard InChI is InChI=1S/C14H13ClN4O/c1-3-19-8-16-13-10(7-17-18-14(13)19)9-4-5-12(20-2)11(15)6-9/h4-8H,3H2,1-2H3. The number of benzene rings is 1. The van der Waals surface area contributed by atoms with Gasteiger partial charge in [0.25, 0.3) is 0 Å². The van der Waals surface area contributed by atoms with E-state index in [4.69, 9.17) is 16.3 Å². The van der Waals surface area contributed by atoms with Crippen molar-refractivity contribution in [3.63, 3.8) is 0 Å². The highest BCUT2D eigenvalue weighted by Crippen LogP contribution is 2.32. The third-order valence-electron chi connectivity index (χ3n) is 3.21. The van der Waals surface area contributed by atoms with Gasteiger partial charge in [0.15, 0.2) is 5.65 Å². The second-order valence-corrected chi connectivity index (χ2v) is 4.72. The first-order valence-electron chi connectivity index (χ1n) is 6.25. The van der Waals surface area contributed by atoms with Gasteiger partial charge < -0.3 is 9.30 Å². The van der Waals surface area contributed by atoms with E-state index in [-0.39, 0.29) is 0 Å². The Kier molecular flexibility index (Phi) is 3.28. The number of ether oxygens (including phenoxy) is 1. The first kappa shape index (κ1) is 12.9. The maximum Gasteiger partial charge on any atom is 0.183 e. The topological polar surface area (TPSA) is 52.8 Å². The number of hydrogen-bond acceptors (Lipinski definition) is 4. The SMILES string of the molecule is CCn1cnc2c(-c3ccc(OC)c(Cl)c3)cnnc21. The summed E-state index contributed by atoms with van der Waals surface area (Å²) in [5.74, 6) is 0.646. The minimum Gasteiger partial charge on any atom is -0.495 e. The van der Waals surface area contributed by atoms with Crippen molar-refractivity contribution in [3.05, 3.63) is 35.7 Å². The molecule has 20 heavy (non-hydrogen) atoms. The van der Waals surface area contributed by atoms with E-state index in [1.54, 1.807) is 19.6 Å². The molecule has 0 fully saturated rings. The molecule has 0 bridgehead atoms. The lowest BCUT2D eigenvalue weighted by Gasteiger charge is -2.06. The average Bonchev–Trinajstić information content (AvgIpc) is 2.90. The van der Waals surface area contributed by atoms with Crippen LogP contribution in [0.5, 0.6) is 5.75 Å². The van der Waals surface area contributed by atoms with Crippen molar-refractivity contribution in [1.29, 1.82) is 0 Å². The first-order valence-corrected chi connectivity index (χ1v) is 6.62. The molecule has 3 rings (SSSR count). The van der Waals surface area contributed by atoms with Gasteiger partial charge in [-0.05, 0) is 24.6 Å². The highest BCUT2D eigenvalue weighted by molar-refractivity contribution is 6.32. The summed E-state index contributed by atoms with van der Waals surface area (Å²) in [6.07, 6.45) is 3.47. The number of aromatic nitrogens is 4. The summed E-state index contributed by atoms with van der Waals surface area (Å²) >= 11 is 6.18. The van der Waals surface area contributed by atoms with Crippen LogP contribution in [0.25, 0.3) is 22.3 Å². The van der Waals surface area contributed by atoms with E-state index < -0.39 is 0 Å². The number of rotatable bonds is 3. The summed E-state index contributed by atoms with van der Waals surface area (Å²) in [6, 6.07) is 5.62. The van der Waals surface area contributed by atoms with E-state index in [1.165, 1.54) is 0 Å². The van der Waals surface area contributed by atoms with Crippen LogP contribution in [-0.2, 0) is 6.54 Å². The van der Waals surface area contributed by atoms with Crippen molar-refractivity contribution < 1.29 is 4.74 Å². The Bertz CT molecular complexity index is 769. The Morgan fingerprint density at radius 3 is 2.90 bits per heavy atom. The Balaban J connectivity index is 2.19. The van der Waals surface area contributed by atoms with Crippen molar-refractivity contribution in [2.45, 2.75) is 13.5 Å². The Hall–Kier alpha value is -2.14. The number of halogens is 1. The summed E-state index contributed by atoms with van der Waals surface area (Å²) in [5.41, 5.74) is 3.45. The van der Waals surface area contributed by atoms with Crippen LogP contribution < -0.4 is 4.74 Å². The quantitative estimate of drug-likeness (QED) is 0.743. The lowest BCUT2D eigenvalue weighted by atomic mass is 10.1. The van der Waals surface area contributed by atoms with E-state index in [2.05, 4.69) is 15.2 Å². The lowest BCUT2D eigenvalue weighted by Crippen LogP contribution is -1.95. The van der Waals surface area contributed by atoms with Gasteiger partial charge in [-0.15, -0.1) is 5.10 Å². The average molecular weight is 289 g/mol. The Labute approximate surface area is 121 Å². The molecule has 6 heteroatoms. The molecule has 0 aliphatic heterocycles. The number of fused-ring (bicyclic) bond motifs is 1. The van der Waals surface area contributed by atoms with E-state index in [9.17, 15) is 0 Å². The number of aryl methyl sites for hydroxylation is 1. The van der Waals surface area contributed by atoms with Gasteiger partial charge in [-0.2, -0.15) is 5.10 Å². The van der Waals surface area contributed by atoms with Crippen LogP contribution in [0.15, 0.2) is 30.7 Å². The molecule has 0 N–H and O–H groups in total. The molecule has 3 aromatic rings. The summed E-state index contributed by atoms with van der Waals surface area (Å²) in [7, 11) is 1.59. The van der Waals surface area contributed by atoms with Crippen LogP contribution in [0.1, 0.15) is 6.92 Å². The number of methoxy groups -OCH3 is 1. The van der Waals surface area contributed by atoms with E-state index in [0.717, 1.165) is 28.8 Å². The van der Waals surface area contributed by atoms with Gasteiger partial charge >= 0.3 is 0 Å². The molecular formula is C14H13ClN4O. The fraction of sp³-hybridized carbons (Fsp3) is 0.214. The summed E-state index contributed by atoms with van der Waals surface area (Å²) < 4.78 is 7.12. The van der Waals surface area contributed by atoms with Gasteiger partial charge in [-0.3, -0.25) is 0 Å². The van der Waals surface area contributed by atoms with Crippen molar-refractivity contribution in [1.82, 2.24) is 19.7 Å². The molecule has 0 amide bonds. The molecule has 0 aliphatic rings. The summed E-state index contributed by atoms with van der Waals surface area (Å²) in [4.78, 5) is 4.42. The fourth-order valence-electron chi connectivity index (χ4n) is 2.15. The Morgan fingerprint density at radius 1 is 1.35 bits per heavy atom. The van der Waals surface area contributed by atoms with Crippen LogP contribution in [0.4, 0.5) is 0 Å². The molecule has 0 aliphatic carbocycles. The van der Waals surface area contributed by atoms with Gasteiger partial charge in [0, 0.05) is 12.1 Å². The zero-order valence-electron chi connectivity index (χ0n) is 11.2. The largest absolute Gasteiger partial charge is 0.495 e. The first-order chi connectivity index (χ1) is 9.74. The zero-order valence-corrected chi connectivity index (χ0v) is 11.9. The van der Waals surface area contributed by atoms with Crippen LogP contribution in [0, 0.1) is 0 Å². The fourth-order valence-corrected chi connectivity index (χ4v) is 2.41. The molecular weight excluding hydrogens is 276 g/mol. The smallest absolute Gasteiger partial charge is 0.183 e. The molecule has 0 saturated carbocycles. The molecule has 5 nitrogen and oxygen atoms in total. The summed E-state index contributed by atoms with van der Waals surface area (Å²) in [6.45, 7) is 2.84. The molecule has 102 valence electrons. The van der Waals surface area contributed by atoms with Gasteiger partial charge in [0.05, 0.1) is 24.7 Å². The number of nitrogens with zero attached hydrogens (tertiary/aromatic N) is 4. The molecule has 1 aromatic carbocycles. The van der Waals surface area contributed by atoms with Gasteiger partial charge in [-0.25, -0.2) is 4.98 Å². The van der Waals surface area contributed by atoms with Gasteiger partial charge in [-0.1, -0.05) is 17.7 Å². The highest BCUT2D eigenvalue weighted by Gasteiger charge is 2.12. The molecule has 0 saturated heterocycles. The molecule has 0 spiro atoms. The van der Waals surface area contributed by atoms with Crippen LogP contribution >= 0.6 is 11.6 Å². The van der Waals surface area contributed by atoms with Crippen LogP contribution in [0.3, 0.4) is 0 Å². The van der Waals surface area contributed by atoms with Crippen LogP contribution in [0.2, 0.25) is 5.02 Å². The third kappa shape index (κ3) is 2.00. The molecule has 0 radical (unpaired) electrons. The van der Waals surface area contributed by atoms with E-state index in [0.29, 0.717) is 10.8 Å². The molecule has 0 atom stereocenters. The van der Waals surface area contributed by atoms with Crippen molar-refractivity contribution in [2.75, 3.05) is 7.11 Å². The predicted molar refractivity (Wildman–Crippen MR) is 78.0 cm³/mol. The minimum absolute atomic E-state index is 0.560. The Morgan fingerprint density at radius 2 is 2.20 bits per heavy atom. The molecule has 0 unspecified atom stereocenters. The maximum atomic E-state index is 6.18. The molecule has 2 heterocycles. The zero-order chi connectivity index (χ0) is 14.1. The lowest BCUT2D eigenvalue weighted by molar-refractivity contribution is 0.415. The van der Waals surface area contributed by atoms with Crippen LogP contribution in [-0.4, -0.2) is 26.9 Å². The monoisotopic (exact) mass is 288 g/mol. The molecule has 2 aromatic heterocycles. The minimum atomic E-state index is 0.560. The van der Waals surface area contributed by atoms with Gasteiger partial charge in [0.2, 0.25) is 0 Å². The maximum absolute atomic E-state index is 6.18.